The van der Waals surface area contributed by atoms with Crippen molar-refractivity contribution in [2.24, 2.45) is 35.3 Å². The number of aliphatic hydroxyl groups is 1. The van der Waals surface area contributed by atoms with Crippen LogP contribution in [-0.2, 0) is 11.2 Å². The van der Waals surface area contributed by atoms with Gasteiger partial charge in [0.1, 0.15) is 5.82 Å². The van der Waals surface area contributed by atoms with Crippen molar-refractivity contribution in [2.45, 2.75) is 109 Å². The Kier molecular flexibility index (Phi) is 7.15. The number of rotatable bonds is 8. The maximum absolute atomic E-state index is 9.83. The molecule has 2 bridgehead atoms. The second kappa shape index (κ2) is 9.47. The summed E-state index contributed by atoms with van der Waals surface area (Å²) in [7, 11) is 0. The minimum Gasteiger partial charge on any atom is -0.396 e. The van der Waals surface area contributed by atoms with E-state index in [1.165, 1.54) is 37.7 Å². The van der Waals surface area contributed by atoms with Crippen molar-refractivity contribution in [3.05, 3.63) is 23.9 Å². The van der Waals surface area contributed by atoms with Crippen molar-refractivity contribution in [1.82, 2.24) is 4.98 Å². The lowest BCUT2D eigenvalue weighted by Crippen LogP contribution is -2.72. The fraction of sp³-hybridized carbons (Fsp3) is 0.821. The van der Waals surface area contributed by atoms with Crippen LogP contribution in [0.3, 0.4) is 0 Å². The molecule has 6 atom stereocenters. The largest absolute Gasteiger partial charge is 0.396 e. The number of pyridine rings is 1. The van der Waals surface area contributed by atoms with Crippen LogP contribution in [0, 0.1) is 29.6 Å². The van der Waals surface area contributed by atoms with E-state index in [9.17, 15) is 5.11 Å². The molecule has 5 heteroatoms. The maximum atomic E-state index is 9.83. The van der Waals surface area contributed by atoms with Gasteiger partial charge in [0.15, 0.2) is 0 Å². The first-order chi connectivity index (χ1) is 15.6. The van der Waals surface area contributed by atoms with Crippen LogP contribution in [0.4, 0.5) is 5.82 Å². The predicted molar refractivity (Wildman–Crippen MR) is 135 cm³/mol. The molecular formula is C28H47N3O2. The average molecular weight is 458 g/mol. The summed E-state index contributed by atoms with van der Waals surface area (Å²) in [6.07, 6.45) is 13.1. The van der Waals surface area contributed by atoms with Crippen molar-refractivity contribution >= 4 is 5.82 Å². The number of nitrogen functional groups attached to an aromatic ring is 1. The lowest BCUT2D eigenvalue weighted by Gasteiger charge is -2.65. The van der Waals surface area contributed by atoms with Crippen molar-refractivity contribution < 1.29 is 9.84 Å². The third kappa shape index (κ3) is 5.26. The summed E-state index contributed by atoms with van der Waals surface area (Å²) in [6.45, 7) is 9.30. The predicted octanol–water partition coefficient (Wildman–Crippen LogP) is 5.10. The fourth-order valence-electron chi connectivity index (χ4n) is 7.93. The van der Waals surface area contributed by atoms with Gasteiger partial charge in [0, 0.05) is 24.3 Å². The van der Waals surface area contributed by atoms with Crippen molar-refractivity contribution in [2.75, 3.05) is 12.3 Å². The number of aliphatic hydroxyl groups excluding tert-OH is 1. The van der Waals surface area contributed by atoms with E-state index in [2.05, 4.69) is 38.7 Å². The molecule has 2 saturated carbocycles. The number of nitrogens with two attached hydrogens (primary N) is 2. The van der Waals surface area contributed by atoms with Gasteiger partial charge in [-0.1, -0.05) is 32.8 Å². The minimum absolute atomic E-state index is 0.156. The zero-order valence-electron chi connectivity index (χ0n) is 21.4. The molecule has 2 aliphatic heterocycles. The Hall–Kier alpha value is -1.17. The Bertz CT molecular complexity index is 795. The van der Waals surface area contributed by atoms with E-state index in [4.69, 9.17) is 16.2 Å². The summed E-state index contributed by atoms with van der Waals surface area (Å²) in [5.41, 5.74) is 13.5. The lowest BCUT2D eigenvalue weighted by atomic mass is 9.52. The lowest BCUT2D eigenvalue weighted by molar-refractivity contribution is -0.289. The summed E-state index contributed by atoms with van der Waals surface area (Å²) in [6, 6.07) is 4.07. The highest BCUT2D eigenvalue weighted by molar-refractivity contribution is 5.29. The molecule has 5 N–H and O–H groups in total. The van der Waals surface area contributed by atoms with E-state index in [1.54, 1.807) is 0 Å². The Morgan fingerprint density at radius 3 is 2.58 bits per heavy atom. The Balaban J connectivity index is 1.58. The summed E-state index contributed by atoms with van der Waals surface area (Å²) >= 11 is 0. The third-order valence-electron chi connectivity index (χ3n) is 9.23. The SMILES string of the molecule is CC(C)CCC1CC(Cc2ccc(N)nc2)CC(C23CCC(C(N)(CCO)C2)C(C)(C)O3)C1. The molecule has 1 aromatic heterocycles. The molecular weight excluding hydrogens is 410 g/mol. The molecule has 6 unspecified atom stereocenters. The summed E-state index contributed by atoms with van der Waals surface area (Å²) in [5.74, 6) is 3.55. The first-order valence-electron chi connectivity index (χ1n) is 13.4. The number of ether oxygens (including phenoxy) is 1. The number of hydrogen-bond donors (Lipinski definition) is 3. The monoisotopic (exact) mass is 457 g/mol. The van der Waals surface area contributed by atoms with Crippen molar-refractivity contribution in [3.63, 3.8) is 0 Å². The van der Waals surface area contributed by atoms with E-state index >= 15 is 0 Å². The van der Waals surface area contributed by atoms with Gasteiger partial charge in [0.05, 0.1) is 11.2 Å². The molecule has 0 spiro atoms. The standard InChI is InChI=1S/C28H47N3O2/c1-19(2)5-6-20-13-22(14-21-7-8-25(29)31-17-21)16-23(15-20)28-10-9-24(26(3,4)33-28)27(30,18-28)11-12-32/h7-8,17,19-20,22-24,32H,5-6,9-16,18,30H2,1-4H3,(H2,29,31). The normalized spacial score (nSPS) is 38.0. The van der Waals surface area contributed by atoms with Crippen LogP contribution in [0.5, 0.6) is 0 Å². The number of hydrogen-bond acceptors (Lipinski definition) is 5. The number of aromatic nitrogens is 1. The minimum atomic E-state index is -0.323. The Morgan fingerprint density at radius 2 is 1.94 bits per heavy atom. The van der Waals surface area contributed by atoms with Crippen molar-refractivity contribution in [1.29, 1.82) is 0 Å². The molecule has 5 nitrogen and oxygen atoms in total. The molecule has 33 heavy (non-hydrogen) atoms. The van der Waals surface area contributed by atoms with Gasteiger partial charge in [-0.2, -0.15) is 0 Å². The molecule has 0 radical (unpaired) electrons. The van der Waals surface area contributed by atoms with E-state index < -0.39 is 0 Å². The van der Waals surface area contributed by atoms with Crippen LogP contribution in [0.15, 0.2) is 18.3 Å². The van der Waals surface area contributed by atoms with Gasteiger partial charge in [-0.3, -0.25) is 0 Å². The van der Waals surface area contributed by atoms with Crippen LogP contribution in [0.2, 0.25) is 0 Å². The van der Waals surface area contributed by atoms with Crippen molar-refractivity contribution in [3.8, 4) is 0 Å². The molecule has 0 aromatic carbocycles. The quantitative estimate of drug-likeness (QED) is 0.505. The van der Waals surface area contributed by atoms with Crippen LogP contribution in [-0.4, -0.2) is 33.4 Å². The van der Waals surface area contributed by atoms with Gasteiger partial charge in [-0.15, -0.1) is 0 Å². The number of anilines is 1. The molecule has 186 valence electrons. The van der Waals surface area contributed by atoms with Gasteiger partial charge in [0.25, 0.3) is 0 Å². The fourth-order valence-corrected chi connectivity index (χ4v) is 7.93. The van der Waals surface area contributed by atoms with Gasteiger partial charge < -0.3 is 21.3 Å². The molecule has 4 fully saturated rings. The Morgan fingerprint density at radius 1 is 1.18 bits per heavy atom. The zero-order valence-corrected chi connectivity index (χ0v) is 21.4. The number of fused-ring (bicyclic) bond motifs is 3. The molecule has 5 rings (SSSR count). The van der Waals surface area contributed by atoms with Crippen LogP contribution in [0.1, 0.15) is 91.0 Å². The third-order valence-corrected chi connectivity index (χ3v) is 9.23. The van der Waals surface area contributed by atoms with Crippen LogP contribution >= 0.6 is 0 Å². The van der Waals surface area contributed by atoms with E-state index in [-0.39, 0.29) is 23.3 Å². The Labute approximate surface area is 201 Å². The highest BCUT2D eigenvalue weighted by Crippen LogP contribution is 2.60. The highest BCUT2D eigenvalue weighted by atomic mass is 16.5. The van der Waals surface area contributed by atoms with Gasteiger partial charge >= 0.3 is 0 Å². The highest BCUT2D eigenvalue weighted by Gasteiger charge is 2.63. The van der Waals surface area contributed by atoms with Gasteiger partial charge in [-0.25, -0.2) is 4.98 Å². The van der Waals surface area contributed by atoms with E-state index in [1.807, 2.05) is 12.3 Å². The molecule has 1 aromatic rings. The van der Waals surface area contributed by atoms with Crippen LogP contribution in [0.25, 0.3) is 0 Å². The smallest absolute Gasteiger partial charge is 0.123 e. The zero-order chi connectivity index (χ0) is 23.9. The number of nitrogens with zero attached hydrogens (tertiary/aromatic N) is 1. The topological polar surface area (TPSA) is 94.4 Å². The molecule has 0 amide bonds. The molecule has 2 aliphatic carbocycles. The first-order valence-corrected chi connectivity index (χ1v) is 13.4. The molecule has 3 heterocycles. The summed E-state index contributed by atoms with van der Waals surface area (Å²) in [4.78, 5) is 4.34. The summed E-state index contributed by atoms with van der Waals surface area (Å²) < 4.78 is 7.04. The second-order valence-corrected chi connectivity index (χ2v) is 12.6. The van der Waals surface area contributed by atoms with Gasteiger partial charge in [0.2, 0.25) is 0 Å². The summed E-state index contributed by atoms with van der Waals surface area (Å²) in [5, 5.41) is 9.83. The van der Waals surface area contributed by atoms with Crippen LogP contribution < -0.4 is 11.5 Å². The first kappa shape index (κ1) is 24.9. The molecule has 2 saturated heterocycles. The second-order valence-electron chi connectivity index (χ2n) is 12.6. The average Bonchev–Trinajstić information content (AvgIpc) is 2.73. The molecule has 4 aliphatic rings. The maximum Gasteiger partial charge on any atom is 0.123 e. The van der Waals surface area contributed by atoms with Gasteiger partial charge in [-0.05, 0) is 101 Å². The van der Waals surface area contributed by atoms with E-state index in [0.717, 1.165) is 37.5 Å². The van der Waals surface area contributed by atoms with E-state index in [0.29, 0.717) is 30.0 Å².